The van der Waals surface area contributed by atoms with E-state index in [9.17, 15) is 18.0 Å². The molecular weight excluding hydrogens is 353 g/mol. The van der Waals surface area contributed by atoms with Crippen LogP contribution in [0.25, 0.3) is 0 Å². The summed E-state index contributed by atoms with van der Waals surface area (Å²) in [5.74, 6) is -2.40. The van der Waals surface area contributed by atoms with Crippen molar-refractivity contribution < 1.29 is 27.4 Å². The lowest BCUT2D eigenvalue weighted by Crippen LogP contribution is -2.24. The van der Waals surface area contributed by atoms with Crippen molar-refractivity contribution in [3.8, 4) is 17.7 Å². The number of nitriles is 1. The average molecular weight is 366 g/mol. The second-order valence-electron chi connectivity index (χ2n) is 4.97. The SMILES string of the molecule is COc1c(CNC(=O)c2cnc(OC(F)F)c(F)c2)cc(C#N)nc1C. The topological polar surface area (TPSA) is 97.1 Å². The minimum absolute atomic E-state index is 0.0308. The first-order valence-corrected chi connectivity index (χ1v) is 7.18. The van der Waals surface area contributed by atoms with Gasteiger partial charge in [-0.25, -0.2) is 14.4 Å². The van der Waals surface area contributed by atoms with Gasteiger partial charge in [0, 0.05) is 18.3 Å². The quantitative estimate of drug-likeness (QED) is 0.843. The lowest BCUT2D eigenvalue weighted by atomic mass is 10.1. The summed E-state index contributed by atoms with van der Waals surface area (Å²) in [6.07, 6.45) is 0.909. The lowest BCUT2D eigenvalue weighted by Gasteiger charge is -2.12. The monoisotopic (exact) mass is 366 g/mol. The van der Waals surface area contributed by atoms with Crippen molar-refractivity contribution in [2.24, 2.45) is 0 Å². The Morgan fingerprint density at radius 3 is 2.73 bits per heavy atom. The number of nitrogens with zero attached hydrogens (tertiary/aromatic N) is 3. The molecule has 7 nitrogen and oxygen atoms in total. The summed E-state index contributed by atoms with van der Waals surface area (Å²) >= 11 is 0. The molecule has 2 rings (SSSR count). The number of hydrogen-bond acceptors (Lipinski definition) is 6. The maximum absolute atomic E-state index is 13.6. The van der Waals surface area contributed by atoms with Gasteiger partial charge in [-0.2, -0.15) is 14.0 Å². The van der Waals surface area contributed by atoms with E-state index in [1.54, 1.807) is 6.92 Å². The van der Waals surface area contributed by atoms with Crippen molar-refractivity contribution in [2.75, 3.05) is 7.11 Å². The van der Waals surface area contributed by atoms with Crippen LogP contribution in [0.2, 0.25) is 0 Å². The van der Waals surface area contributed by atoms with E-state index in [1.165, 1.54) is 13.2 Å². The van der Waals surface area contributed by atoms with Crippen molar-refractivity contribution in [2.45, 2.75) is 20.1 Å². The van der Waals surface area contributed by atoms with Gasteiger partial charge < -0.3 is 14.8 Å². The van der Waals surface area contributed by atoms with Gasteiger partial charge in [-0.3, -0.25) is 4.79 Å². The van der Waals surface area contributed by atoms with Gasteiger partial charge in [-0.15, -0.1) is 0 Å². The molecule has 0 bridgehead atoms. The molecule has 2 aromatic rings. The van der Waals surface area contributed by atoms with Gasteiger partial charge in [-0.05, 0) is 19.1 Å². The fraction of sp³-hybridized carbons (Fsp3) is 0.250. The summed E-state index contributed by atoms with van der Waals surface area (Å²) in [7, 11) is 1.42. The standard InChI is InChI=1S/C16H13F3N4O3/c1-8-13(25-2)9(3-11(5-20)23-8)6-21-14(24)10-4-12(17)15(22-7-10)26-16(18)19/h3-4,7,16H,6H2,1-2H3,(H,21,24). The third kappa shape index (κ3) is 4.38. The van der Waals surface area contributed by atoms with Crippen LogP contribution in [0.15, 0.2) is 18.3 Å². The third-order valence-corrected chi connectivity index (χ3v) is 3.25. The molecule has 1 amide bonds. The molecule has 136 valence electrons. The first-order valence-electron chi connectivity index (χ1n) is 7.18. The predicted molar refractivity (Wildman–Crippen MR) is 82.2 cm³/mol. The molecule has 26 heavy (non-hydrogen) atoms. The highest BCUT2D eigenvalue weighted by atomic mass is 19.3. The largest absolute Gasteiger partial charge is 0.494 e. The van der Waals surface area contributed by atoms with E-state index in [2.05, 4.69) is 20.0 Å². The zero-order valence-electron chi connectivity index (χ0n) is 13.7. The molecule has 10 heteroatoms. The maximum atomic E-state index is 13.6. The number of hydrogen-bond donors (Lipinski definition) is 1. The molecule has 0 atom stereocenters. The average Bonchev–Trinajstić information content (AvgIpc) is 2.60. The third-order valence-electron chi connectivity index (χ3n) is 3.25. The number of ether oxygens (including phenoxy) is 2. The van der Waals surface area contributed by atoms with Crippen LogP contribution < -0.4 is 14.8 Å². The number of alkyl halides is 2. The van der Waals surface area contributed by atoms with Crippen molar-refractivity contribution in [1.29, 1.82) is 5.26 Å². The normalized spacial score (nSPS) is 10.3. The van der Waals surface area contributed by atoms with Crippen LogP contribution in [-0.2, 0) is 6.54 Å². The molecular formula is C16H13F3N4O3. The molecule has 0 aromatic carbocycles. The molecule has 2 aromatic heterocycles. The van der Waals surface area contributed by atoms with Gasteiger partial charge in [-0.1, -0.05) is 0 Å². The van der Waals surface area contributed by atoms with Crippen LogP contribution in [0.4, 0.5) is 13.2 Å². The van der Waals surface area contributed by atoms with E-state index in [4.69, 9.17) is 10.00 Å². The first kappa shape index (κ1) is 19.0. The Balaban J connectivity index is 2.15. The van der Waals surface area contributed by atoms with Crippen LogP contribution in [0.1, 0.15) is 27.3 Å². The number of rotatable bonds is 6. The van der Waals surface area contributed by atoms with Gasteiger partial charge >= 0.3 is 6.61 Å². The highest BCUT2D eigenvalue weighted by molar-refractivity contribution is 5.93. The molecule has 0 unspecified atom stereocenters. The Kier molecular flexibility index (Phi) is 5.95. The highest BCUT2D eigenvalue weighted by Crippen LogP contribution is 2.23. The number of methoxy groups -OCH3 is 1. The molecule has 0 aliphatic rings. The van der Waals surface area contributed by atoms with E-state index in [0.717, 1.165) is 12.3 Å². The van der Waals surface area contributed by atoms with Gasteiger partial charge in [0.15, 0.2) is 5.82 Å². The minimum atomic E-state index is -3.23. The Morgan fingerprint density at radius 1 is 1.42 bits per heavy atom. The second kappa shape index (κ2) is 8.15. The Morgan fingerprint density at radius 2 is 2.15 bits per heavy atom. The smallest absolute Gasteiger partial charge is 0.388 e. The van der Waals surface area contributed by atoms with Crippen LogP contribution >= 0.6 is 0 Å². The van der Waals surface area contributed by atoms with Crippen molar-refractivity contribution in [1.82, 2.24) is 15.3 Å². The van der Waals surface area contributed by atoms with Crippen molar-refractivity contribution >= 4 is 5.91 Å². The van der Waals surface area contributed by atoms with Crippen molar-refractivity contribution in [3.63, 3.8) is 0 Å². The van der Waals surface area contributed by atoms with Crippen LogP contribution in [0, 0.1) is 24.1 Å². The predicted octanol–water partition coefficient (Wildman–Crippen LogP) is 2.34. The molecule has 2 heterocycles. The Bertz CT molecular complexity index is 869. The van der Waals surface area contributed by atoms with Crippen LogP contribution in [0.3, 0.4) is 0 Å². The number of amides is 1. The van der Waals surface area contributed by atoms with E-state index < -0.39 is 24.2 Å². The van der Waals surface area contributed by atoms with E-state index in [1.807, 2.05) is 6.07 Å². The second-order valence-corrected chi connectivity index (χ2v) is 4.97. The Labute approximate surface area is 146 Å². The maximum Gasteiger partial charge on any atom is 0.388 e. The zero-order chi connectivity index (χ0) is 19.3. The Hall–Kier alpha value is -3.35. The van der Waals surface area contributed by atoms with E-state index in [-0.39, 0.29) is 17.8 Å². The fourth-order valence-electron chi connectivity index (χ4n) is 2.19. The van der Waals surface area contributed by atoms with Crippen LogP contribution in [0.5, 0.6) is 11.6 Å². The first-order chi connectivity index (χ1) is 12.3. The number of nitrogens with one attached hydrogen (secondary N) is 1. The molecule has 0 aliphatic carbocycles. The van der Waals surface area contributed by atoms with Crippen molar-refractivity contribution in [3.05, 3.63) is 46.7 Å². The summed E-state index contributed by atoms with van der Waals surface area (Å²) in [4.78, 5) is 19.5. The summed E-state index contributed by atoms with van der Waals surface area (Å²) < 4.78 is 46.9. The number of carbonyl (C=O) groups excluding carboxylic acids is 1. The fourth-order valence-corrected chi connectivity index (χ4v) is 2.19. The molecule has 1 N–H and O–H groups in total. The van der Waals surface area contributed by atoms with Crippen LogP contribution in [-0.4, -0.2) is 29.6 Å². The highest BCUT2D eigenvalue weighted by Gasteiger charge is 2.16. The number of pyridine rings is 2. The van der Waals surface area contributed by atoms with Gasteiger partial charge in [0.2, 0.25) is 0 Å². The lowest BCUT2D eigenvalue weighted by molar-refractivity contribution is -0.0553. The van der Waals surface area contributed by atoms with Gasteiger partial charge in [0.25, 0.3) is 11.8 Å². The number of aryl methyl sites for hydroxylation is 1. The van der Waals surface area contributed by atoms with Gasteiger partial charge in [0.1, 0.15) is 17.5 Å². The molecule has 0 fully saturated rings. The molecule has 0 radical (unpaired) electrons. The molecule has 0 spiro atoms. The van der Waals surface area contributed by atoms with E-state index >= 15 is 0 Å². The molecule has 0 saturated heterocycles. The summed E-state index contributed by atoms with van der Waals surface area (Å²) in [6.45, 7) is -1.61. The summed E-state index contributed by atoms with van der Waals surface area (Å²) in [6, 6.07) is 4.07. The van der Waals surface area contributed by atoms with E-state index in [0.29, 0.717) is 17.0 Å². The zero-order valence-corrected chi connectivity index (χ0v) is 13.7. The van der Waals surface area contributed by atoms with Gasteiger partial charge in [0.05, 0.1) is 18.4 Å². The number of carbonyl (C=O) groups is 1. The summed E-state index contributed by atoms with van der Waals surface area (Å²) in [5, 5.41) is 11.5. The molecule has 0 saturated carbocycles. The minimum Gasteiger partial charge on any atom is -0.494 e. The summed E-state index contributed by atoms with van der Waals surface area (Å²) in [5.41, 5.74) is 0.927. The number of aromatic nitrogens is 2. The molecule has 0 aliphatic heterocycles. The number of halogens is 3.